The Morgan fingerprint density at radius 3 is 2.92 bits per heavy atom. The van der Waals surface area contributed by atoms with E-state index in [1.54, 1.807) is 0 Å². The first-order valence-corrected chi connectivity index (χ1v) is 9.35. The smallest absolute Gasteiger partial charge is 0.222 e. The van der Waals surface area contributed by atoms with Gasteiger partial charge >= 0.3 is 0 Å². The Morgan fingerprint density at radius 1 is 1.21 bits per heavy atom. The summed E-state index contributed by atoms with van der Waals surface area (Å²) in [6, 6.07) is 7.44. The van der Waals surface area contributed by atoms with E-state index < -0.39 is 0 Å². The predicted molar refractivity (Wildman–Crippen MR) is 96.4 cm³/mol. The zero-order chi connectivity index (χ0) is 16.9. The van der Waals surface area contributed by atoms with Gasteiger partial charge in [0.15, 0.2) is 0 Å². The molecule has 2 saturated heterocycles. The lowest BCUT2D eigenvalue weighted by Crippen LogP contribution is -2.38. The molecule has 1 aromatic rings. The van der Waals surface area contributed by atoms with Crippen molar-refractivity contribution >= 4 is 5.91 Å². The molecule has 4 heteroatoms. The number of aryl methyl sites for hydroxylation is 2. The lowest BCUT2D eigenvalue weighted by Gasteiger charge is -2.24. The summed E-state index contributed by atoms with van der Waals surface area (Å²) in [5.41, 5.74) is 2.39. The summed E-state index contributed by atoms with van der Waals surface area (Å²) in [6.07, 6.45) is 6.09. The molecule has 2 fully saturated rings. The topological polar surface area (TPSA) is 41.6 Å². The molecule has 0 aliphatic carbocycles. The van der Waals surface area contributed by atoms with Crippen LogP contribution in [0.25, 0.3) is 0 Å². The maximum absolute atomic E-state index is 12.4. The number of benzene rings is 1. The summed E-state index contributed by atoms with van der Waals surface area (Å²) < 4.78 is 5.87. The molecule has 4 nitrogen and oxygen atoms in total. The summed E-state index contributed by atoms with van der Waals surface area (Å²) in [5.74, 6) is 1.28. The van der Waals surface area contributed by atoms with Crippen molar-refractivity contribution in [2.45, 2.75) is 64.5 Å². The number of fused-ring (bicyclic) bond motifs is 2. The van der Waals surface area contributed by atoms with Gasteiger partial charge in [0, 0.05) is 31.6 Å². The fourth-order valence-corrected chi connectivity index (χ4v) is 3.75. The standard InChI is InChI=1S/C20H30N2O2/c1-15-6-7-16(2)19(13-15)24-12-4-3-5-20(23)22-11-10-17-8-9-18(14-22)21-17/h6-7,13,17-18,21H,3-5,8-12,14H2,1-2H3. The number of unbranched alkanes of at least 4 members (excludes halogenated alkanes) is 1. The second kappa shape index (κ2) is 8.02. The van der Waals surface area contributed by atoms with E-state index in [0.29, 0.717) is 31.0 Å². The molecule has 0 radical (unpaired) electrons. The molecule has 132 valence electrons. The molecule has 1 N–H and O–H groups in total. The quantitative estimate of drug-likeness (QED) is 0.815. The number of hydrogen-bond donors (Lipinski definition) is 1. The highest BCUT2D eigenvalue weighted by Gasteiger charge is 2.30. The molecule has 2 atom stereocenters. The largest absolute Gasteiger partial charge is 0.493 e. The Labute approximate surface area is 145 Å². The molecule has 2 aliphatic heterocycles. The number of nitrogens with zero attached hydrogens (tertiary/aromatic N) is 1. The lowest BCUT2D eigenvalue weighted by atomic mass is 10.1. The van der Waals surface area contributed by atoms with Gasteiger partial charge in [0.1, 0.15) is 5.75 Å². The van der Waals surface area contributed by atoms with Crippen LogP contribution < -0.4 is 10.1 Å². The minimum Gasteiger partial charge on any atom is -0.493 e. The molecule has 1 amide bonds. The number of carbonyl (C=O) groups excluding carboxylic acids is 1. The first-order valence-electron chi connectivity index (χ1n) is 9.35. The third kappa shape index (κ3) is 4.50. The van der Waals surface area contributed by atoms with Crippen LogP contribution in [0.5, 0.6) is 5.75 Å². The van der Waals surface area contributed by atoms with E-state index in [1.165, 1.54) is 24.0 Å². The Morgan fingerprint density at radius 2 is 2.04 bits per heavy atom. The Hall–Kier alpha value is -1.55. The molecule has 0 aromatic heterocycles. The maximum Gasteiger partial charge on any atom is 0.222 e. The maximum atomic E-state index is 12.4. The highest BCUT2D eigenvalue weighted by Crippen LogP contribution is 2.21. The zero-order valence-corrected chi connectivity index (χ0v) is 15.0. The second-order valence-electron chi connectivity index (χ2n) is 7.34. The van der Waals surface area contributed by atoms with Crippen LogP contribution in [0.3, 0.4) is 0 Å². The first-order chi connectivity index (χ1) is 11.6. The normalized spacial score (nSPS) is 23.2. The van der Waals surface area contributed by atoms with Crippen LogP contribution in [0, 0.1) is 13.8 Å². The van der Waals surface area contributed by atoms with Crippen molar-refractivity contribution in [3.8, 4) is 5.75 Å². The molecule has 2 unspecified atom stereocenters. The fourth-order valence-electron chi connectivity index (χ4n) is 3.75. The monoisotopic (exact) mass is 330 g/mol. The molecule has 3 rings (SSSR count). The molecular formula is C20H30N2O2. The van der Waals surface area contributed by atoms with Crippen molar-refractivity contribution in [3.63, 3.8) is 0 Å². The molecule has 0 saturated carbocycles. The van der Waals surface area contributed by atoms with Gasteiger partial charge in [0.25, 0.3) is 0 Å². The lowest BCUT2D eigenvalue weighted by molar-refractivity contribution is -0.131. The van der Waals surface area contributed by atoms with Crippen molar-refractivity contribution in [3.05, 3.63) is 29.3 Å². The third-order valence-corrected chi connectivity index (χ3v) is 5.26. The van der Waals surface area contributed by atoms with Crippen molar-refractivity contribution in [2.75, 3.05) is 19.7 Å². The van der Waals surface area contributed by atoms with Gasteiger partial charge in [-0.2, -0.15) is 0 Å². The van der Waals surface area contributed by atoms with Gasteiger partial charge in [-0.1, -0.05) is 12.1 Å². The summed E-state index contributed by atoms with van der Waals surface area (Å²) in [6.45, 7) is 6.65. The average molecular weight is 330 g/mol. The van der Waals surface area contributed by atoms with E-state index in [4.69, 9.17) is 4.74 Å². The molecular weight excluding hydrogens is 300 g/mol. The Bertz CT molecular complexity index is 573. The Balaban J connectivity index is 1.35. The number of carbonyl (C=O) groups is 1. The zero-order valence-electron chi connectivity index (χ0n) is 15.0. The summed E-state index contributed by atoms with van der Waals surface area (Å²) in [4.78, 5) is 14.5. The fraction of sp³-hybridized carbons (Fsp3) is 0.650. The van der Waals surface area contributed by atoms with E-state index in [2.05, 4.69) is 42.3 Å². The minimum atomic E-state index is 0.316. The van der Waals surface area contributed by atoms with E-state index in [1.807, 2.05) is 0 Å². The highest BCUT2D eigenvalue weighted by molar-refractivity contribution is 5.76. The number of amides is 1. The van der Waals surface area contributed by atoms with Gasteiger partial charge in [-0.3, -0.25) is 4.79 Å². The van der Waals surface area contributed by atoms with Gasteiger partial charge in [-0.15, -0.1) is 0 Å². The van der Waals surface area contributed by atoms with E-state index in [-0.39, 0.29) is 0 Å². The molecule has 24 heavy (non-hydrogen) atoms. The summed E-state index contributed by atoms with van der Waals surface area (Å²) in [5, 5.41) is 3.63. The van der Waals surface area contributed by atoms with Gasteiger partial charge in [-0.25, -0.2) is 0 Å². The van der Waals surface area contributed by atoms with E-state index >= 15 is 0 Å². The van der Waals surface area contributed by atoms with E-state index in [9.17, 15) is 4.79 Å². The number of ether oxygens (including phenoxy) is 1. The molecule has 2 heterocycles. The number of nitrogens with one attached hydrogen (secondary N) is 1. The highest BCUT2D eigenvalue weighted by atomic mass is 16.5. The van der Waals surface area contributed by atoms with Gasteiger partial charge in [-0.05, 0) is 63.1 Å². The van der Waals surface area contributed by atoms with Crippen LogP contribution in [-0.4, -0.2) is 42.6 Å². The first kappa shape index (κ1) is 17.3. The van der Waals surface area contributed by atoms with Crippen LogP contribution in [0.15, 0.2) is 18.2 Å². The average Bonchev–Trinajstić information content (AvgIpc) is 2.89. The number of likely N-dealkylation sites (tertiary alicyclic amines) is 1. The molecule has 0 spiro atoms. The minimum absolute atomic E-state index is 0.316. The van der Waals surface area contributed by atoms with Gasteiger partial charge in [0.2, 0.25) is 5.91 Å². The second-order valence-corrected chi connectivity index (χ2v) is 7.34. The van der Waals surface area contributed by atoms with Gasteiger partial charge in [0.05, 0.1) is 6.61 Å². The van der Waals surface area contributed by atoms with Crippen molar-refractivity contribution in [1.29, 1.82) is 0 Å². The summed E-state index contributed by atoms with van der Waals surface area (Å²) in [7, 11) is 0. The summed E-state index contributed by atoms with van der Waals surface area (Å²) >= 11 is 0. The van der Waals surface area contributed by atoms with E-state index in [0.717, 1.165) is 38.1 Å². The van der Waals surface area contributed by atoms with Crippen LogP contribution in [0.1, 0.15) is 49.7 Å². The van der Waals surface area contributed by atoms with Crippen molar-refractivity contribution in [1.82, 2.24) is 10.2 Å². The van der Waals surface area contributed by atoms with Crippen molar-refractivity contribution in [2.24, 2.45) is 0 Å². The molecule has 2 aliphatic rings. The molecule has 1 aromatic carbocycles. The van der Waals surface area contributed by atoms with Crippen LogP contribution in [-0.2, 0) is 4.79 Å². The molecule has 2 bridgehead atoms. The van der Waals surface area contributed by atoms with Gasteiger partial charge < -0.3 is 15.0 Å². The number of rotatable bonds is 6. The number of hydrogen-bond acceptors (Lipinski definition) is 3. The third-order valence-electron chi connectivity index (χ3n) is 5.26. The van der Waals surface area contributed by atoms with Crippen LogP contribution >= 0.6 is 0 Å². The predicted octanol–water partition coefficient (Wildman–Crippen LogP) is 3.21. The van der Waals surface area contributed by atoms with Crippen LogP contribution in [0.4, 0.5) is 0 Å². The SMILES string of the molecule is Cc1ccc(C)c(OCCCCC(=O)N2CCC3CCC(C2)N3)c1. The Kier molecular flexibility index (Phi) is 5.77. The van der Waals surface area contributed by atoms with Crippen molar-refractivity contribution < 1.29 is 9.53 Å². The van der Waals surface area contributed by atoms with Crippen LogP contribution in [0.2, 0.25) is 0 Å².